The SMILES string of the molecule is O=C1CCCC(=O)N(C(C(=O)NC2CCCCC2)c2ccc([N+](=O)[O-])cc2)CCOCCOCCN1. The Kier molecular flexibility index (Phi) is 11.1. The van der Waals surface area contributed by atoms with Gasteiger partial charge >= 0.3 is 0 Å². The van der Waals surface area contributed by atoms with Crippen LogP contribution in [-0.4, -0.2) is 73.1 Å². The Morgan fingerprint density at radius 2 is 1.69 bits per heavy atom. The minimum atomic E-state index is -0.968. The van der Waals surface area contributed by atoms with Crippen molar-refractivity contribution in [2.75, 3.05) is 39.5 Å². The molecule has 1 aromatic carbocycles. The summed E-state index contributed by atoms with van der Waals surface area (Å²) >= 11 is 0. The zero-order valence-corrected chi connectivity index (χ0v) is 20.6. The van der Waals surface area contributed by atoms with E-state index in [1.165, 1.54) is 29.2 Å². The highest BCUT2D eigenvalue weighted by molar-refractivity contribution is 5.89. The summed E-state index contributed by atoms with van der Waals surface area (Å²) in [7, 11) is 0. The number of amides is 3. The van der Waals surface area contributed by atoms with Crippen LogP contribution in [0.5, 0.6) is 0 Å². The molecule has 11 nitrogen and oxygen atoms in total. The van der Waals surface area contributed by atoms with E-state index in [0.29, 0.717) is 38.3 Å². The molecule has 0 aromatic heterocycles. The number of benzene rings is 1. The van der Waals surface area contributed by atoms with Crippen molar-refractivity contribution in [3.05, 3.63) is 39.9 Å². The molecule has 1 heterocycles. The average molecular weight is 505 g/mol. The monoisotopic (exact) mass is 504 g/mol. The minimum Gasteiger partial charge on any atom is -0.377 e. The summed E-state index contributed by atoms with van der Waals surface area (Å²) in [6.07, 6.45) is 5.57. The van der Waals surface area contributed by atoms with E-state index >= 15 is 0 Å². The molecule has 3 amide bonds. The molecule has 36 heavy (non-hydrogen) atoms. The summed E-state index contributed by atoms with van der Waals surface area (Å²) in [5.41, 5.74) is 0.393. The number of carbonyl (C=O) groups is 3. The largest absolute Gasteiger partial charge is 0.377 e. The van der Waals surface area contributed by atoms with Crippen molar-refractivity contribution in [3.63, 3.8) is 0 Å². The molecule has 2 aliphatic rings. The van der Waals surface area contributed by atoms with Gasteiger partial charge in [0.2, 0.25) is 17.7 Å². The van der Waals surface area contributed by atoms with Gasteiger partial charge in [-0.05, 0) is 37.0 Å². The number of ether oxygens (including phenoxy) is 2. The second-order valence-electron chi connectivity index (χ2n) is 9.11. The van der Waals surface area contributed by atoms with Gasteiger partial charge in [-0.15, -0.1) is 0 Å². The number of nitro groups is 1. The van der Waals surface area contributed by atoms with Crippen molar-refractivity contribution in [2.45, 2.75) is 63.5 Å². The third-order valence-corrected chi connectivity index (χ3v) is 6.46. The van der Waals surface area contributed by atoms with Crippen LogP contribution in [-0.2, 0) is 23.9 Å². The van der Waals surface area contributed by atoms with Crippen LogP contribution in [0, 0.1) is 10.1 Å². The number of nitrogens with one attached hydrogen (secondary N) is 2. The van der Waals surface area contributed by atoms with Crippen molar-refractivity contribution in [1.82, 2.24) is 15.5 Å². The third kappa shape index (κ3) is 8.56. The van der Waals surface area contributed by atoms with E-state index in [-0.39, 0.29) is 55.4 Å². The lowest BCUT2D eigenvalue weighted by atomic mass is 9.94. The highest BCUT2D eigenvalue weighted by Crippen LogP contribution is 2.26. The van der Waals surface area contributed by atoms with Crippen LogP contribution < -0.4 is 10.6 Å². The fourth-order valence-electron chi connectivity index (χ4n) is 4.56. The second-order valence-corrected chi connectivity index (χ2v) is 9.11. The summed E-state index contributed by atoms with van der Waals surface area (Å²) in [4.78, 5) is 51.1. The van der Waals surface area contributed by atoms with Gasteiger partial charge in [0.05, 0.1) is 31.4 Å². The molecular weight excluding hydrogens is 468 g/mol. The van der Waals surface area contributed by atoms with Gasteiger partial charge in [-0.2, -0.15) is 0 Å². The molecule has 0 bridgehead atoms. The van der Waals surface area contributed by atoms with Crippen molar-refractivity contribution < 1.29 is 28.8 Å². The van der Waals surface area contributed by atoms with Crippen LogP contribution in [0.3, 0.4) is 0 Å². The van der Waals surface area contributed by atoms with E-state index in [1.807, 2.05) is 0 Å². The van der Waals surface area contributed by atoms with Crippen molar-refractivity contribution in [1.29, 1.82) is 0 Å². The topological polar surface area (TPSA) is 140 Å². The van der Waals surface area contributed by atoms with E-state index in [2.05, 4.69) is 10.6 Å². The summed E-state index contributed by atoms with van der Waals surface area (Å²) in [6.45, 7) is 1.79. The van der Waals surface area contributed by atoms with Gasteiger partial charge in [0.1, 0.15) is 6.04 Å². The number of nitro benzene ring substituents is 1. The summed E-state index contributed by atoms with van der Waals surface area (Å²) in [5.74, 6) is -0.756. The smallest absolute Gasteiger partial charge is 0.269 e. The van der Waals surface area contributed by atoms with Crippen LogP contribution in [0.15, 0.2) is 24.3 Å². The molecule has 1 saturated carbocycles. The first-order valence-electron chi connectivity index (χ1n) is 12.7. The molecule has 1 unspecified atom stereocenters. The van der Waals surface area contributed by atoms with E-state index in [0.717, 1.165) is 32.1 Å². The van der Waals surface area contributed by atoms with Gasteiger partial charge < -0.3 is 25.0 Å². The molecule has 1 aromatic rings. The number of hydrogen-bond donors (Lipinski definition) is 2. The fraction of sp³-hybridized carbons (Fsp3) is 0.640. The molecule has 3 rings (SSSR count). The number of carbonyl (C=O) groups excluding carboxylic acids is 3. The Bertz CT molecular complexity index is 887. The van der Waals surface area contributed by atoms with Crippen molar-refractivity contribution in [3.8, 4) is 0 Å². The number of nitrogens with zero attached hydrogens (tertiary/aromatic N) is 2. The molecule has 1 aliphatic carbocycles. The Balaban J connectivity index is 1.84. The maximum Gasteiger partial charge on any atom is 0.269 e. The molecular formula is C25H36N4O7. The molecule has 2 N–H and O–H groups in total. The summed E-state index contributed by atoms with van der Waals surface area (Å²) in [5, 5.41) is 17.0. The van der Waals surface area contributed by atoms with E-state index < -0.39 is 11.0 Å². The summed E-state index contributed by atoms with van der Waals surface area (Å²) < 4.78 is 11.1. The third-order valence-electron chi connectivity index (χ3n) is 6.46. The van der Waals surface area contributed by atoms with E-state index in [9.17, 15) is 24.5 Å². The van der Waals surface area contributed by atoms with Gasteiger partial charge in [-0.25, -0.2) is 0 Å². The minimum absolute atomic E-state index is 0.0300. The highest BCUT2D eigenvalue weighted by atomic mass is 16.6. The lowest BCUT2D eigenvalue weighted by molar-refractivity contribution is -0.384. The van der Waals surface area contributed by atoms with Gasteiger partial charge in [-0.3, -0.25) is 24.5 Å². The number of non-ortho nitro benzene ring substituents is 1. The van der Waals surface area contributed by atoms with Gasteiger partial charge in [-0.1, -0.05) is 19.3 Å². The molecule has 1 aliphatic heterocycles. The molecule has 0 radical (unpaired) electrons. The Hall–Kier alpha value is -3.05. The first-order chi connectivity index (χ1) is 17.5. The maximum absolute atomic E-state index is 13.6. The van der Waals surface area contributed by atoms with Crippen LogP contribution in [0.2, 0.25) is 0 Å². The quantitative estimate of drug-likeness (QED) is 0.463. The molecule has 1 saturated heterocycles. The molecule has 1 atom stereocenters. The standard InChI is InChI=1S/C25H36N4O7/c30-22-7-4-8-23(31)28(14-16-36-18-17-35-15-13-26-22)24(19-9-11-21(12-10-19)29(33)34)25(32)27-20-5-2-1-3-6-20/h9-12,20,24H,1-8,13-18H2,(H,26,30)(H,27,32). The van der Waals surface area contributed by atoms with Crippen LogP contribution >= 0.6 is 0 Å². The van der Waals surface area contributed by atoms with Gasteiger partial charge in [0, 0.05) is 44.1 Å². The lowest BCUT2D eigenvalue weighted by Crippen LogP contribution is -2.48. The van der Waals surface area contributed by atoms with Gasteiger partial charge in [0.15, 0.2) is 0 Å². The Morgan fingerprint density at radius 3 is 2.39 bits per heavy atom. The van der Waals surface area contributed by atoms with Crippen molar-refractivity contribution >= 4 is 23.4 Å². The predicted molar refractivity (Wildman–Crippen MR) is 131 cm³/mol. The first kappa shape index (κ1) is 27.5. The Labute approximate surface area is 211 Å². The zero-order valence-electron chi connectivity index (χ0n) is 20.6. The van der Waals surface area contributed by atoms with Crippen LogP contribution in [0.1, 0.15) is 63.0 Å². The fourth-order valence-corrected chi connectivity index (χ4v) is 4.56. The predicted octanol–water partition coefficient (Wildman–Crippen LogP) is 2.25. The molecule has 198 valence electrons. The van der Waals surface area contributed by atoms with Crippen LogP contribution in [0.4, 0.5) is 5.69 Å². The van der Waals surface area contributed by atoms with Crippen LogP contribution in [0.25, 0.3) is 0 Å². The second kappa shape index (κ2) is 14.5. The maximum atomic E-state index is 13.6. The van der Waals surface area contributed by atoms with E-state index in [1.54, 1.807) is 0 Å². The molecule has 0 spiro atoms. The normalized spacial score (nSPS) is 20.5. The first-order valence-corrected chi connectivity index (χ1v) is 12.7. The lowest BCUT2D eigenvalue weighted by Gasteiger charge is -2.33. The number of rotatable bonds is 5. The van der Waals surface area contributed by atoms with Gasteiger partial charge in [0.25, 0.3) is 5.69 Å². The average Bonchev–Trinajstić information content (AvgIpc) is 2.87. The number of hydrogen-bond acceptors (Lipinski definition) is 7. The zero-order chi connectivity index (χ0) is 25.8. The summed E-state index contributed by atoms with van der Waals surface area (Å²) in [6, 6.07) is 4.79. The van der Waals surface area contributed by atoms with Crippen molar-refractivity contribution in [2.24, 2.45) is 0 Å². The van der Waals surface area contributed by atoms with E-state index in [4.69, 9.17) is 9.47 Å². The highest BCUT2D eigenvalue weighted by Gasteiger charge is 2.33. The Morgan fingerprint density at radius 1 is 1.00 bits per heavy atom. The molecule has 2 fully saturated rings. The molecule has 11 heteroatoms.